The van der Waals surface area contributed by atoms with Crippen LogP contribution >= 0.6 is 12.4 Å². The van der Waals surface area contributed by atoms with Crippen LogP contribution in [0.25, 0.3) is 0 Å². The lowest BCUT2D eigenvalue weighted by molar-refractivity contribution is -0.117. The smallest absolute Gasteiger partial charge is 0.246 e. The topological polar surface area (TPSA) is 35.6 Å². The van der Waals surface area contributed by atoms with Gasteiger partial charge in [-0.15, -0.1) is 12.4 Å². The lowest BCUT2D eigenvalue weighted by Gasteiger charge is -2.29. The van der Waals surface area contributed by atoms with Crippen LogP contribution in [0.15, 0.2) is 48.5 Å². The molecule has 0 spiro atoms. The number of amides is 1. The summed E-state index contributed by atoms with van der Waals surface area (Å²) < 4.78 is 0. The number of fused-ring (bicyclic) bond motifs is 2. The van der Waals surface area contributed by atoms with E-state index >= 15 is 0 Å². The Labute approximate surface area is 155 Å². The maximum Gasteiger partial charge on any atom is 0.246 e. The van der Waals surface area contributed by atoms with Crippen molar-refractivity contribution in [3.63, 3.8) is 0 Å². The Bertz CT molecular complexity index is 764. The second kappa shape index (κ2) is 7.46. The van der Waals surface area contributed by atoms with Gasteiger partial charge in [-0.05, 0) is 36.6 Å². The molecule has 4 rings (SSSR count). The molecule has 0 fully saturated rings. The number of halogens is 1. The van der Waals surface area contributed by atoms with E-state index in [9.17, 15) is 4.79 Å². The molecule has 4 nitrogen and oxygen atoms in total. The average molecular weight is 358 g/mol. The monoisotopic (exact) mass is 357 g/mol. The highest BCUT2D eigenvalue weighted by molar-refractivity contribution is 5.99. The van der Waals surface area contributed by atoms with Gasteiger partial charge in [-0.1, -0.05) is 36.4 Å². The van der Waals surface area contributed by atoms with Crippen molar-refractivity contribution < 1.29 is 4.79 Å². The fourth-order valence-corrected chi connectivity index (χ4v) is 3.88. The van der Waals surface area contributed by atoms with E-state index in [2.05, 4.69) is 59.6 Å². The SMILES string of the molecule is CC1Cc2ccccc2N1C(=O)CN1CCNCc2ccccc21.Cl. The van der Waals surface area contributed by atoms with Gasteiger partial charge in [0.25, 0.3) is 0 Å². The van der Waals surface area contributed by atoms with Crippen molar-refractivity contribution in [3.05, 3.63) is 59.7 Å². The van der Waals surface area contributed by atoms with E-state index in [0.29, 0.717) is 6.54 Å². The van der Waals surface area contributed by atoms with Crippen molar-refractivity contribution in [1.29, 1.82) is 0 Å². The van der Waals surface area contributed by atoms with Gasteiger partial charge in [0.1, 0.15) is 0 Å². The molecule has 0 bridgehead atoms. The van der Waals surface area contributed by atoms with Crippen LogP contribution in [0.2, 0.25) is 0 Å². The van der Waals surface area contributed by atoms with Gasteiger partial charge < -0.3 is 15.1 Å². The molecule has 1 N–H and O–H groups in total. The van der Waals surface area contributed by atoms with E-state index in [-0.39, 0.29) is 24.4 Å². The van der Waals surface area contributed by atoms with E-state index in [1.807, 2.05) is 11.0 Å². The summed E-state index contributed by atoms with van der Waals surface area (Å²) in [5.74, 6) is 0.184. The number of benzene rings is 2. The molecule has 132 valence electrons. The van der Waals surface area contributed by atoms with Crippen LogP contribution in [-0.4, -0.2) is 31.6 Å². The third kappa shape index (κ3) is 3.37. The number of nitrogens with zero attached hydrogens (tertiary/aromatic N) is 2. The molecule has 2 aliphatic rings. The van der Waals surface area contributed by atoms with Gasteiger partial charge in [-0.25, -0.2) is 0 Å². The average Bonchev–Trinajstić information content (AvgIpc) is 2.80. The van der Waals surface area contributed by atoms with Crippen LogP contribution in [0.5, 0.6) is 0 Å². The number of hydrogen-bond donors (Lipinski definition) is 1. The van der Waals surface area contributed by atoms with Crippen molar-refractivity contribution in [1.82, 2.24) is 5.32 Å². The van der Waals surface area contributed by atoms with E-state index in [4.69, 9.17) is 0 Å². The number of anilines is 2. The maximum atomic E-state index is 13.1. The third-order valence-corrected chi connectivity index (χ3v) is 5.01. The quantitative estimate of drug-likeness (QED) is 0.897. The zero-order valence-electron chi connectivity index (χ0n) is 14.4. The van der Waals surface area contributed by atoms with Crippen molar-refractivity contribution >= 4 is 29.7 Å². The number of hydrogen-bond acceptors (Lipinski definition) is 3. The van der Waals surface area contributed by atoms with Crippen LogP contribution in [-0.2, 0) is 17.8 Å². The van der Waals surface area contributed by atoms with E-state index < -0.39 is 0 Å². The Hall–Kier alpha value is -2.04. The zero-order valence-corrected chi connectivity index (χ0v) is 15.3. The van der Waals surface area contributed by atoms with Gasteiger partial charge in [0.15, 0.2) is 0 Å². The number of carbonyl (C=O) groups is 1. The first-order chi connectivity index (χ1) is 11.7. The van der Waals surface area contributed by atoms with Gasteiger partial charge in [0, 0.05) is 37.1 Å². The third-order valence-electron chi connectivity index (χ3n) is 5.01. The van der Waals surface area contributed by atoms with Gasteiger partial charge >= 0.3 is 0 Å². The molecule has 0 saturated carbocycles. The predicted octanol–water partition coefficient (Wildman–Crippen LogP) is 3.00. The van der Waals surface area contributed by atoms with E-state index in [1.54, 1.807) is 0 Å². The molecule has 2 heterocycles. The molecule has 1 amide bonds. The molecule has 0 saturated heterocycles. The number of para-hydroxylation sites is 2. The molecule has 25 heavy (non-hydrogen) atoms. The van der Waals surface area contributed by atoms with Gasteiger partial charge in [0.2, 0.25) is 5.91 Å². The zero-order chi connectivity index (χ0) is 16.5. The highest BCUT2D eigenvalue weighted by atomic mass is 35.5. The normalized spacial score (nSPS) is 18.8. The summed E-state index contributed by atoms with van der Waals surface area (Å²) in [7, 11) is 0. The molecule has 5 heteroatoms. The Kier molecular flexibility index (Phi) is 5.30. The lowest BCUT2D eigenvalue weighted by Crippen LogP contribution is -2.44. The summed E-state index contributed by atoms with van der Waals surface area (Å²) in [5.41, 5.74) is 4.79. The van der Waals surface area contributed by atoms with Crippen LogP contribution in [0.3, 0.4) is 0 Å². The highest BCUT2D eigenvalue weighted by Gasteiger charge is 2.31. The molecule has 2 aromatic carbocycles. The van der Waals surface area contributed by atoms with Gasteiger partial charge in [-0.3, -0.25) is 4.79 Å². The summed E-state index contributed by atoms with van der Waals surface area (Å²) >= 11 is 0. The first-order valence-electron chi connectivity index (χ1n) is 8.67. The summed E-state index contributed by atoms with van der Waals surface area (Å²) in [6.07, 6.45) is 0.944. The van der Waals surface area contributed by atoms with Gasteiger partial charge in [-0.2, -0.15) is 0 Å². The molecule has 0 radical (unpaired) electrons. The highest BCUT2D eigenvalue weighted by Crippen LogP contribution is 2.32. The first kappa shape index (κ1) is 17.8. The number of nitrogens with one attached hydrogen (secondary N) is 1. The van der Waals surface area contributed by atoms with Crippen molar-refractivity contribution in [2.24, 2.45) is 0 Å². The fourth-order valence-electron chi connectivity index (χ4n) is 3.88. The molecule has 1 atom stereocenters. The first-order valence-corrected chi connectivity index (χ1v) is 8.67. The minimum atomic E-state index is 0. The van der Waals surface area contributed by atoms with Gasteiger partial charge in [0.05, 0.1) is 6.54 Å². The van der Waals surface area contributed by atoms with E-state index in [1.165, 1.54) is 16.8 Å². The summed E-state index contributed by atoms with van der Waals surface area (Å²) in [4.78, 5) is 17.3. The molecular formula is C20H24ClN3O. The second-order valence-electron chi connectivity index (χ2n) is 6.67. The second-order valence-corrected chi connectivity index (χ2v) is 6.67. The van der Waals surface area contributed by atoms with E-state index in [0.717, 1.165) is 31.7 Å². The summed E-state index contributed by atoms with van der Waals surface area (Å²) in [6.45, 7) is 5.18. The fraction of sp³-hybridized carbons (Fsp3) is 0.350. The maximum absolute atomic E-state index is 13.1. The van der Waals surface area contributed by atoms with Crippen LogP contribution in [0.4, 0.5) is 11.4 Å². The predicted molar refractivity (Wildman–Crippen MR) is 105 cm³/mol. The van der Waals surface area contributed by atoms with Crippen LogP contribution < -0.4 is 15.1 Å². The Morgan fingerprint density at radius 3 is 2.56 bits per heavy atom. The Morgan fingerprint density at radius 1 is 1.08 bits per heavy atom. The van der Waals surface area contributed by atoms with Crippen LogP contribution in [0, 0.1) is 0 Å². The van der Waals surface area contributed by atoms with Crippen molar-refractivity contribution in [2.45, 2.75) is 25.9 Å². The van der Waals surface area contributed by atoms with Crippen molar-refractivity contribution in [2.75, 3.05) is 29.4 Å². The molecular weight excluding hydrogens is 334 g/mol. The molecule has 0 aromatic heterocycles. The number of rotatable bonds is 2. The summed E-state index contributed by atoms with van der Waals surface area (Å²) in [5, 5.41) is 3.43. The van der Waals surface area contributed by atoms with Crippen molar-refractivity contribution in [3.8, 4) is 0 Å². The minimum Gasteiger partial charge on any atom is -0.361 e. The molecule has 2 aromatic rings. The molecule has 0 aliphatic carbocycles. The largest absolute Gasteiger partial charge is 0.361 e. The minimum absolute atomic E-state index is 0. The lowest BCUT2D eigenvalue weighted by atomic mass is 10.1. The standard InChI is InChI=1S/C20H23N3O.ClH/c1-15-12-16-6-2-5-9-19(16)23(15)20(24)14-22-11-10-21-13-17-7-3-4-8-18(17)22;/h2-9,15,21H,10-14H2,1H3;1H. The van der Waals surface area contributed by atoms with Crippen LogP contribution in [0.1, 0.15) is 18.1 Å². The molecule has 2 aliphatic heterocycles. The Balaban J connectivity index is 0.00000182. The molecule has 1 unspecified atom stereocenters. The summed E-state index contributed by atoms with van der Waals surface area (Å²) in [6, 6.07) is 16.9. The Morgan fingerprint density at radius 2 is 1.76 bits per heavy atom. The number of carbonyl (C=O) groups excluding carboxylic acids is 1.